The molecule has 0 aliphatic rings. The molecule has 0 unspecified atom stereocenters. The Kier molecular flexibility index (Phi) is 5.76. The van der Waals surface area contributed by atoms with Gasteiger partial charge in [0, 0.05) is 0 Å². The number of ether oxygens (including phenoxy) is 1. The summed E-state index contributed by atoms with van der Waals surface area (Å²) >= 11 is 0. The van der Waals surface area contributed by atoms with E-state index in [0.29, 0.717) is 0 Å². The van der Waals surface area contributed by atoms with Crippen LogP contribution in [0, 0.1) is 6.92 Å². The molecule has 1 rings (SSSR count). The van der Waals surface area contributed by atoms with E-state index in [1.165, 1.54) is 12.1 Å². The third kappa shape index (κ3) is 5.26. The number of carbonyl (C=O) groups is 1. The predicted molar refractivity (Wildman–Crippen MR) is 73.6 cm³/mol. The van der Waals surface area contributed by atoms with Crippen LogP contribution in [0.15, 0.2) is 41.3 Å². The van der Waals surface area contributed by atoms with Crippen LogP contribution in [-0.4, -0.2) is 26.7 Å². The lowest BCUT2D eigenvalue weighted by atomic mass is 10.2. The highest BCUT2D eigenvalue weighted by Crippen LogP contribution is 2.12. The van der Waals surface area contributed by atoms with Crippen LogP contribution in [0.25, 0.3) is 0 Å². The molecule has 0 radical (unpaired) electrons. The first-order valence-electron chi connectivity index (χ1n) is 6.05. The fraction of sp³-hybridized carbons (Fsp3) is 0.357. The number of allylic oxidation sites excluding steroid dienone is 1. The molecule has 0 aliphatic heterocycles. The normalized spacial score (nSPS) is 11.7. The van der Waals surface area contributed by atoms with Crippen molar-refractivity contribution in [1.29, 1.82) is 0 Å². The predicted octanol–water partition coefficient (Wildman–Crippen LogP) is 2.28. The number of carbonyl (C=O) groups excluding carboxylic acids is 1. The lowest BCUT2D eigenvalue weighted by Gasteiger charge is -2.04. The van der Waals surface area contributed by atoms with E-state index in [0.717, 1.165) is 12.0 Å². The molecule has 0 saturated carbocycles. The van der Waals surface area contributed by atoms with Crippen molar-refractivity contribution in [2.45, 2.75) is 25.2 Å². The summed E-state index contributed by atoms with van der Waals surface area (Å²) in [7, 11) is -3.62. The largest absolute Gasteiger partial charge is 0.461 e. The molecule has 0 aromatic heterocycles. The fourth-order valence-corrected chi connectivity index (χ4v) is 2.51. The number of sulfone groups is 1. The van der Waals surface area contributed by atoms with Crippen LogP contribution in [0.5, 0.6) is 0 Å². The molecule has 4 nitrogen and oxygen atoms in total. The van der Waals surface area contributed by atoms with Crippen LogP contribution >= 0.6 is 0 Å². The summed E-state index contributed by atoms with van der Waals surface area (Å²) in [6.45, 7) is 3.93. The first-order chi connectivity index (χ1) is 8.95. The van der Waals surface area contributed by atoms with Crippen LogP contribution in [-0.2, 0) is 19.4 Å². The lowest BCUT2D eigenvalue weighted by Crippen LogP contribution is -2.18. The first kappa shape index (κ1) is 15.4. The Balaban J connectivity index is 2.62. The highest BCUT2D eigenvalue weighted by atomic mass is 32.2. The number of hydrogen-bond acceptors (Lipinski definition) is 4. The number of esters is 1. The molecule has 0 N–H and O–H groups in total. The quantitative estimate of drug-likeness (QED) is 0.593. The summed E-state index contributed by atoms with van der Waals surface area (Å²) in [6, 6.07) is 6.38. The van der Waals surface area contributed by atoms with Gasteiger partial charge in [0.1, 0.15) is 6.61 Å². The van der Waals surface area contributed by atoms with E-state index < -0.39 is 21.6 Å². The Bertz CT molecular complexity index is 541. The van der Waals surface area contributed by atoms with Crippen molar-refractivity contribution >= 4 is 15.8 Å². The molecule has 1 aromatic carbocycles. The van der Waals surface area contributed by atoms with Crippen molar-refractivity contribution in [3.63, 3.8) is 0 Å². The van der Waals surface area contributed by atoms with Crippen LogP contribution < -0.4 is 0 Å². The van der Waals surface area contributed by atoms with Gasteiger partial charge >= 0.3 is 5.97 Å². The van der Waals surface area contributed by atoms with Gasteiger partial charge in [-0.05, 0) is 25.5 Å². The van der Waals surface area contributed by atoms with E-state index in [9.17, 15) is 13.2 Å². The van der Waals surface area contributed by atoms with Crippen molar-refractivity contribution in [3.8, 4) is 0 Å². The summed E-state index contributed by atoms with van der Waals surface area (Å²) in [5, 5.41) is 0. The lowest BCUT2D eigenvalue weighted by molar-refractivity contribution is -0.139. The SMILES string of the molecule is CC/C=C/COC(=O)CS(=O)(=O)c1ccc(C)cc1. The van der Waals surface area contributed by atoms with E-state index in [1.54, 1.807) is 18.2 Å². The van der Waals surface area contributed by atoms with Gasteiger partial charge < -0.3 is 4.74 Å². The van der Waals surface area contributed by atoms with Crippen molar-refractivity contribution in [3.05, 3.63) is 42.0 Å². The number of benzene rings is 1. The average Bonchev–Trinajstić information content (AvgIpc) is 2.34. The van der Waals surface area contributed by atoms with E-state index >= 15 is 0 Å². The fourth-order valence-electron chi connectivity index (χ4n) is 1.40. The molecule has 1 aromatic rings. The van der Waals surface area contributed by atoms with Gasteiger partial charge in [-0.25, -0.2) is 8.42 Å². The molecule has 0 aliphatic carbocycles. The Hall–Kier alpha value is -1.62. The third-order valence-electron chi connectivity index (χ3n) is 2.43. The van der Waals surface area contributed by atoms with Gasteiger partial charge in [0.2, 0.25) is 0 Å². The number of rotatable bonds is 6. The summed E-state index contributed by atoms with van der Waals surface area (Å²) in [5.74, 6) is -1.36. The molecule has 0 fully saturated rings. The standard InChI is InChI=1S/C14H18O4S/c1-3-4-5-10-18-14(15)11-19(16,17)13-8-6-12(2)7-9-13/h4-9H,3,10-11H2,1-2H3/b5-4+. The molecule has 5 heteroatoms. The zero-order valence-corrected chi connectivity index (χ0v) is 11.9. The minimum absolute atomic E-state index is 0.107. The average molecular weight is 282 g/mol. The van der Waals surface area contributed by atoms with Crippen LogP contribution in [0.3, 0.4) is 0 Å². The second-order valence-corrected chi connectivity index (χ2v) is 6.12. The molecule has 0 heterocycles. The maximum Gasteiger partial charge on any atom is 0.321 e. The molecule has 104 valence electrons. The Morgan fingerprint density at radius 1 is 1.21 bits per heavy atom. The van der Waals surface area contributed by atoms with Crippen molar-refractivity contribution in [2.75, 3.05) is 12.4 Å². The summed E-state index contributed by atoms with van der Waals surface area (Å²) in [6.07, 6.45) is 4.39. The van der Waals surface area contributed by atoms with Crippen molar-refractivity contribution in [2.24, 2.45) is 0 Å². The molecule has 0 atom stereocenters. The van der Waals surface area contributed by atoms with E-state index in [-0.39, 0.29) is 11.5 Å². The van der Waals surface area contributed by atoms with Crippen LogP contribution in [0.4, 0.5) is 0 Å². The molecular weight excluding hydrogens is 264 g/mol. The highest BCUT2D eigenvalue weighted by Gasteiger charge is 2.19. The first-order valence-corrected chi connectivity index (χ1v) is 7.71. The summed E-state index contributed by atoms with van der Waals surface area (Å²) < 4.78 is 28.7. The summed E-state index contributed by atoms with van der Waals surface area (Å²) in [4.78, 5) is 11.6. The smallest absolute Gasteiger partial charge is 0.321 e. The Morgan fingerprint density at radius 3 is 2.42 bits per heavy atom. The van der Waals surface area contributed by atoms with Gasteiger partial charge in [0.15, 0.2) is 15.6 Å². The maximum atomic E-state index is 11.9. The monoisotopic (exact) mass is 282 g/mol. The minimum atomic E-state index is -3.62. The van der Waals surface area contributed by atoms with Gasteiger partial charge in [-0.2, -0.15) is 0 Å². The minimum Gasteiger partial charge on any atom is -0.461 e. The second-order valence-electron chi connectivity index (χ2n) is 4.13. The zero-order chi connectivity index (χ0) is 14.3. The molecule has 0 bridgehead atoms. The molecule has 19 heavy (non-hydrogen) atoms. The maximum absolute atomic E-state index is 11.9. The van der Waals surface area contributed by atoms with E-state index in [2.05, 4.69) is 0 Å². The van der Waals surface area contributed by atoms with Crippen molar-refractivity contribution < 1.29 is 17.9 Å². The molecule has 0 saturated heterocycles. The van der Waals surface area contributed by atoms with Gasteiger partial charge in [-0.15, -0.1) is 0 Å². The Labute approximate surface area is 114 Å². The van der Waals surface area contributed by atoms with E-state index in [1.807, 2.05) is 19.9 Å². The van der Waals surface area contributed by atoms with Crippen molar-refractivity contribution in [1.82, 2.24) is 0 Å². The van der Waals surface area contributed by atoms with Gasteiger partial charge in [0.25, 0.3) is 0 Å². The molecule has 0 amide bonds. The third-order valence-corrected chi connectivity index (χ3v) is 4.04. The van der Waals surface area contributed by atoms with Crippen LogP contribution in [0.2, 0.25) is 0 Å². The Morgan fingerprint density at radius 2 is 1.84 bits per heavy atom. The number of hydrogen-bond donors (Lipinski definition) is 0. The molecular formula is C14H18O4S. The topological polar surface area (TPSA) is 60.4 Å². The second kappa shape index (κ2) is 7.09. The molecule has 0 spiro atoms. The summed E-state index contributed by atoms with van der Waals surface area (Å²) in [5.41, 5.74) is 0.964. The number of aryl methyl sites for hydroxylation is 1. The van der Waals surface area contributed by atoms with Gasteiger partial charge in [-0.3, -0.25) is 4.79 Å². The van der Waals surface area contributed by atoms with Gasteiger partial charge in [-0.1, -0.05) is 36.8 Å². The van der Waals surface area contributed by atoms with E-state index in [4.69, 9.17) is 4.74 Å². The highest BCUT2D eigenvalue weighted by molar-refractivity contribution is 7.92. The van der Waals surface area contributed by atoms with Crippen LogP contribution in [0.1, 0.15) is 18.9 Å². The zero-order valence-electron chi connectivity index (χ0n) is 11.1. The van der Waals surface area contributed by atoms with Gasteiger partial charge in [0.05, 0.1) is 4.90 Å².